The minimum absolute atomic E-state index is 0.312. The molecule has 1 heterocycles. The smallest absolute Gasteiger partial charge is 0.139 e. The molecule has 0 radical (unpaired) electrons. The number of halogens is 2. The lowest BCUT2D eigenvalue weighted by Crippen LogP contribution is -2.50. The molecule has 1 saturated heterocycles. The standard InChI is InChI=1S/C12H17BrFN3/c1-8-7-16(2)3-4-17(8)12-5-9(13)10(14)6-11(12)15/h5-6,8H,3-4,7,15H2,1-2H3. The molecule has 2 N–H and O–H groups in total. The Morgan fingerprint density at radius 3 is 2.76 bits per heavy atom. The molecule has 2 rings (SSSR count). The predicted octanol–water partition coefficient (Wildman–Crippen LogP) is 2.31. The van der Waals surface area contributed by atoms with Gasteiger partial charge in [-0.2, -0.15) is 0 Å². The number of anilines is 2. The normalized spacial score (nSPS) is 21.9. The number of rotatable bonds is 1. The van der Waals surface area contributed by atoms with Gasteiger partial charge in [0.15, 0.2) is 0 Å². The second kappa shape index (κ2) is 4.82. The van der Waals surface area contributed by atoms with Gasteiger partial charge in [0.25, 0.3) is 0 Å². The molecule has 0 spiro atoms. The molecule has 1 aliphatic heterocycles. The van der Waals surface area contributed by atoms with Crippen molar-refractivity contribution in [2.24, 2.45) is 0 Å². The molecule has 94 valence electrons. The van der Waals surface area contributed by atoms with E-state index in [1.807, 2.05) is 0 Å². The van der Waals surface area contributed by atoms with Gasteiger partial charge in [0, 0.05) is 31.7 Å². The zero-order chi connectivity index (χ0) is 12.6. The monoisotopic (exact) mass is 301 g/mol. The van der Waals surface area contributed by atoms with E-state index in [0.29, 0.717) is 16.2 Å². The van der Waals surface area contributed by atoms with E-state index in [9.17, 15) is 4.39 Å². The molecular formula is C12H17BrFN3. The Morgan fingerprint density at radius 1 is 1.41 bits per heavy atom. The Kier molecular flexibility index (Phi) is 3.58. The fourth-order valence-corrected chi connectivity index (χ4v) is 2.63. The van der Waals surface area contributed by atoms with Crippen LogP contribution in [0.4, 0.5) is 15.8 Å². The minimum atomic E-state index is -0.312. The van der Waals surface area contributed by atoms with E-state index in [0.717, 1.165) is 25.3 Å². The van der Waals surface area contributed by atoms with Crippen LogP contribution in [0.1, 0.15) is 6.92 Å². The van der Waals surface area contributed by atoms with E-state index < -0.39 is 0 Å². The van der Waals surface area contributed by atoms with Gasteiger partial charge in [0.05, 0.1) is 15.8 Å². The number of hydrogen-bond acceptors (Lipinski definition) is 3. The van der Waals surface area contributed by atoms with Crippen molar-refractivity contribution < 1.29 is 4.39 Å². The van der Waals surface area contributed by atoms with Crippen LogP contribution < -0.4 is 10.6 Å². The summed E-state index contributed by atoms with van der Waals surface area (Å²) in [4.78, 5) is 4.52. The van der Waals surface area contributed by atoms with Gasteiger partial charge in [0.1, 0.15) is 5.82 Å². The molecule has 0 aliphatic carbocycles. The number of nitrogens with zero attached hydrogens (tertiary/aromatic N) is 2. The molecule has 1 fully saturated rings. The molecule has 0 bridgehead atoms. The first-order chi connectivity index (χ1) is 7.99. The molecule has 1 unspecified atom stereocenters. The van der Waals surface area contributed by atoms with Crippen molar-refractivity contribution in [3.8, 4) is 0 Å². The highest BCUT2D eigenvalue weighted by atomic mass is 79.9. The molecular weight excluding hydrogens is 285 g/mol. The van der Waals surface area contributed by atoms with E-state index in [1.165, 1.54) is 6.07 Å². The molecule has 5 heteroatoms. The van der Waals surface area contributed by atoms with Gasteiger partial charge in [-0.25, -0.2) is 4.39 Å². The average molecular weight is 302 g/mol. The molecule has 0 aromatic heterocycles. The largest absolute Gasteiger partial charge is 0.397 e. The second-order valence-electron chi connectivity index (χ2n) is 4.63. The number of nitrogens with two attached hydrogens (primary N) is 1. The number of piperazine rings is 1. The first kappa shape index (κ1) is 12.6. The summed E-state index contributed by atoms with van der Waals surface area (Å²) >= 11 is 3.21. The van der Waals surface area contributed by atoms with E-state index in [2.05, 4.69) is 39.7 Å². The summed E-state index contributed by atoms with van der Waals surface area (Å²) in [6, 6.07) is 3.53. The summed E-state index contributed by atoms with van der Waals surface area (Å²) in [5.74, 6) is -0.312. The van der Waals surface area contributed by atoms with Crippen LogP contribution in [0.2, 0.25) is 0 Å². The molecule has 0 amide bonds. The average Bonchev–Trinajstić information content (AvgIpc) is 2.24. The lowest BCUT2D eigenvalue weighted by atomic mass is 10.1. The van der Waals surface area contributed by atoms with Gasteiger partial charge in [0.2, 0.25) is 0 Å². The summed E-state index contributed by atoms with van der Waals surface area (Å²) in [7, 11) is 2.11. The van der Waals surface area contributed by atoms with Crippen molar-refractivity contribution in [3.63, 3.8) is 0 Å². The lowest BCUT2D eigenvalue weighted by Gasteiger charge is -2.40. The molecule has 1 aliphatic rings. The fourth-order valence-electron chi connectivity index (χ4n) is 2.30. The van der Waals surface area contributed by atoms with Crippen LogP contribution in [-0.4, -0.2) is 37.6 Å². The Balaban J connectivity index is 2.31. The Labute approximate surface area is 110 Å². The van der Waals surface area contributed by atoms with Gasteiger partial charge in [-0.1, -0.05) is 0 Å². The summed E-state index contributed by atoms with van der Waals surface area (Å²) in [6.07, 6.45) is 0. The number of hydrogen-bond donors (Lipinski definition) is 1. The van der Waals surface area contributed by atoms with Crippen LogP contribution in [0.3, 0.4) is 0 Å². The maximum Gasteiger partial charge on any atom is 0.139 e. The van der Waals surface area contributed by atoms with Crippen molar-refractivity contribution >= 4 is 27.3 Å². The van der Waals surface area contributed by atoms with Crippen LogP contribution in [0.15, 0.2) is 16.6 Å². The van der Waals surface area contributed by atoms with Gasteiger partial charge in [-0.15, -0.1) is 0 Å². The highest BCUT2D eigenvalue weighted by Gasteiger charge is 2.23. The van der Waals surface area contributed by atoms with E-state index in [4.69, 9.17) is 5.73 Å². The molecule has 17 heavy (non-hydrogen) atoms. The fraction of sp³-hybridized carbons (Fsp3) is 0.500. The van der Waals surface area contributed by atoms with Gasteiger partial charge in [-0.05, 0) is 36.0 Å². The number of benzene rings is 1. The maximum atomic E-state index is 13.3. The third kappa shape index (κ3) is 2.55. The van der Waals surface area contributed by atoms with Gasteiger partial charge in [-0.3, -0.25) is 0 Å². The summed E-state index contributed by atoms with van der Waals surface area (Å²) in [5.41, 5.74) is 7.32. The number of likely N-dealkylation sites (N-methyl/N-ethyl adjacent to an activating group) is 1. The van der Waals surface area contributed by atoms with E-state index in [1.54, 1.807) is 6.07 Å². The van der Waals surface area contributed by atoms with Gasteiger partial charge < -0.3 is 15.5 Å². The number of nitrogen functional groups attached to an aromatic ring is 1. The first-order valence-corrected chi connectivity index (χ1v) is 6.48. The minimum Gasteiger partial charge on any atom is -0.397 e. The second-order valence-corrected chi connectivity index (χ2v) is 5.48. The first-order valence-electron chi connectivity index (χ1n) is 5.68. The Morgan fingerprint density at radius 2 is 2.12 bits per heavy atom. The molecule has 1 aromatic carbocycles. The third-order valence-corrected chi connectivity index (χ3v) is 3.82. The molecule has 1 atom stereocenters. The van der Waals surface area contributed by atoms with Crippen molar-refractivity contribution in [1.29, 1.82) is 0 Å². The Bertz CT molecular complexity index is 424. The molecule has 1 aromatic rings. The molecule has 0 saturated carbocycles. The van der Waals surface area contributed by atoms with Crippen molar-refractivity contribution in [2.75, 3.05) is 37.3 Å². The highest BCUT2D eigenvalue weighted by molar-refractivity contribution is 9.10. The molecule has 3 nitrogen and oxygen atoms in total. The van der Waals surface area contributed by atoms with E-state index >= 15 is 0 Å². The van der Waals surface area contributed by atoms with Crippen LogP contribution in [0, 0.1) is 5.82 Å². The predicted molar refractivity (Wildman–Crippen MR) is 72.8 cm³/mol. The van der Waals surface area contributed by atoms with Crippen LogP contribution >= 0.6 is 15.9 Å². The lowest BCUT2D eigenvalue weighted by molar-refractivity contribution is 0.275. The van der Waals surface area contributed by atoms with E-state index in [-0.39, 0.29) is 5.82 Å². The summed E-state index contributed by atoms with van der Waals surface area (Å²) in [6.45, 7) is 5.07. The Hall–Kier alpha value is -0.810. The zero-order valence-corrected chi connectivity index (χ0v) is 11.7. The van der Waals surface area contributed by atoms with Crippen molar-refractivity contribution in [1.82, 2.24) is 4.90 Å². The van der Waals surface area contributed by atoms with Crippen molar-refractivity contribution in [2.45, 2.75) is 13.0 Å². The summed E-state index contributed by atoms with van der Waals surface area (Å²) < 4.78 is 13.8. The zero-order valence-electron chi connectivity index (χ0n) is 10.1. The quantitative estimate of drug-likeness (QED) is 0.808. The van der Waals surface area contributed by atoms with Crippen LogP contribution in [-0.2, 0) is 0 Å². The SMILES string of the molecule is CC1CN(C)CCN1c1cc(Br)c(F)cc1N. The summed E-state index contributed by atoms with van der Waals surface area (Å²) in [5, 5.41) is 0. The van der Waals surface area contributed by atoms with Crippen LogP contribution in [0.5, 0.6) is 0 Å². The maximum absolute atomic E-state index is 13.3. The third-order valence-electron chi connectivity index (χ3n) is 3.21. The highest BCUT2D eigenvalue weighted by Crippen LogP contribution is 2.31. The van der Waals surface area contributed by atoms with Crippen LogP contribution in [0.25, 0.3) is 0 Å². The topological polar surface area (TPSA) is 32.5 Å². The van der Waals surface area contributed by atoms with Gasteiger partial charge >= 0.3 is 0 Å². The van der Waals surface area contributed by atoms with Crippen molar-refractivity contribution in [3.05, 3.63) is 22.4 Å².